The van der Waals surface area contributed by atoms with Gasteiger partial charge in [0, 0.05) is 5.56 Å². The highest BCUT2D eigenvalue weighted by Gasteiger charge is 2.40. The van der Waals surface area contributed by atoms with E-state index in [4.69, 9.17) is 18.9 Å². The molecule has 0 bridgehead atoms. The number of hydrogen-bond acceptors (Lipinski definition) is 10. The van der Waals surface area contributed by atoms with Crippen LogP contribution < -0.4 is 4.74 Å². The summed E-state index contributed by atoms with van der Waals surface area (Å²) in [4.78, 5) is 57.1. The van der Waals surface area contributed by atoms with Crippen molar-refractivity contribution in [3.63, 3.8) is 0 Å². The number of fused-ring (bicyclic) bond motifs is 1. The van der Waals surface area contributed by atoms with E-state index in [1.807, 2.05) is 30.3 Å². The minimum atomic E-state index is -1.14. The third kappa shape index (κ3) is 10.6. The van der Waals surface area contributed by atoms with Crippen molar-refractivity contribution in [2.45, 2.75) is 118 Å². The number of ether oxygens (including phenoxy) is 4. The molecular weight excluding hydrogens is 690 g/mol. The Kier molecular flexibility index (Phi) is 15.9. The zero-order valence-electron chi connectivity index (χ0n) is 32.8. The van der Waals surface area contributed by atoms with E-state index >= 15 is 0 Å². The van der Waals surface area contributed by atoms with E-state index < -0.39 is 37.1 Å². The predicted octanol–water partition coefficient (Wildman–Crippen LogP) is 8.04. The van der Waals surface area contributed by atoms with Gasteiger partial charge in [0.1, 0.15) is 36.4 Å². The number of amides is 1. The molecule has 0 aliphatic heterocycles. The van der Waals surface area contributed by atoms with Gasteiger partial charge in [0.05, 0.1) is 13.2 Å². The van der Waals surface area contributed by atoms with Crippen LogP contribution in [-0.2, 0) is 30.2 Å². The molecule has 13 nitrogen and oxygen atoms in total. The van der Waals surface area contributed by atoms with Crippen LogP contribution in [0.1, 0.15) is 127 Å². The lowest BCUT2D eigenvalue weighted by molar-refractivity contribution is -0.147. The summed E-state index contributed by atoms with van der Waals surface area (Å²) >= 11 is 0. The van der Waals surface area contributed by atoms with Gasteiger partial charge in [-0.3, -0.25) is 14.5 Å². The summed E-state index contributed by atoms with van der Waals surface area (Å²) in [5.41, 5.74) is 1.63. The zero-order chi connectivity index (χ0) is 39.2. The Morgan fingerprint density at radius 2 is 1.46 bits per heavy atom. The van der Waals surface area contributed by atoms with E-state index in [0.29, 0.717) is 17.3 Å². The van der Waals surface area contributed by atoms with Crippen molar-refractivity contribution in [3.05, 3.63) is 41.0 Å². The van der Waals surface area contributed by atoms with E-state index in [2.05, 4.69) is 37.8 Å². The van der Waals surface area contributed by atoms with Crippen molar-refractivity contribution in [1.29, 1.82) is 5.26 Å². The lowest BCUT2D eigenvalue weighted by Gasteiger charge is -2.40. The van der Waals surface area contributed by atoms with Crippen molar-refractivity contribution in [2.75, 3.05) is 26.3 Å². The Bertz CT molecular complexity index is 1720. The van der Waals surface area contributed by atoms with Gasteiger partial charge in [0.2, 0.25) is 5.88 Å². The highest BCUT2D eigenvalue weighted by molar-refractivity contribution is 6.01. The molecule has 54 heavy (non-hydrogen) atoms. The van der Waals surface area contributed by atoms with Crippen LogP contribution in [0.5, 0.6) is 5.88 Å². The number of aromatic nitrogens is 3. The predicted molar refractivity (Wildman–Crippen MR) is 203 cm³/mol. The Hall–Kier alpha value is -4.86. The van der Waals surface area contributed by atoms with E-state index in [0.717, 1.165) is 75.5 Å². The molecule has 2 unspecified atom stereocenters. The quantitative estimate of drug-likeness (QED) is 0.0937. The van der Waals surface area contributed by atoms with Gasteiger partial charge in [-0.1, -0.05) is 84.1 Å². The summed E-state index contributed by atoms with van der Waals surface area (Å²) in [6.45, 7) is 10.8. The Labute approximate surface area is 318 Å². The van der Waals surface area contributed by atoms with Crippen LogP contribution in [0.15, 0.2) is 24.3 Å². The highest BCUT2D eigenvalue weighted by Crippen LogP contribution is 2.41. The number of carbonyl (C=O) groups is 4. The highest BCUT2D eigenvalue weighted by atomic mass is 16.6. The maximum Gasteiger partial charge on any atom is 0.417 e. The largest absolute Gasteiger partial charge is 0.465 e. The summed E-state index contributed by atoms with van der Waals surface area (Å²) in [6.07, 6.45) is 9.41. The van der Waals surface area contributed by atoms with Gasteiger partial charge in [-0.2, -0.15) is 9.78 Å². The van der Waals surface area contributed by atoms with E-state index in [1.165, 1.54) is 10.1 Å². The fourth-order valence-electron chi connectivity index (χ4n) is 7.44. The number of aryl methyl sites for hydroxylation is 1. The summed E-state index contributed by atoms with van der Waals surface area (Å²) in [5, 5.41) is 15.2. The van der Waals surface area contributed by atoms with Crippen LogP contribution in [0.3, 0.4) is 0 Å². The number of aromatic amines is 1. The number of nitrogens with one attached hydrogen (secondary N) is 1. The van der Waals surface area contributed by atoms with E-state index in [1.54, 1.807) is 13.8 Å². The van der Waals surface area contributed by atoms with Gasteiger partial charge in [-0.25, -0.2) is 9.59 Å². The number of esters is 3. The standard InChI is InChI=1S/C41H57N5O8/c1-7-12-15-28-18-20-29(21-19-28)37-43-38-35(40(49)53-36-30(16-13-8-2)22-27(6)23-31(36)17-14-9-3)32(24-42)39(46(38)44-37)54-41(50)45(25-33(47)51-10-4)26-34(48)52-11-5/h18-21,27,30-31,36H,7-17,22-23,25-26H2,1-6H3,(H,43,44). The van der Waals surface area contributed by atoms with E-state index in [-0.39, 0.29) is 53.8 Å². The number of nitriles is 1. The van der Waals surface area contributed by atoms with Gasteiger partial charge in [-0.05, 0) is 75.7 Å². The number of H-pyrrole nitrogens is 1. The molecule has 2 aromatic heterocycles. The molecular formula is C41H57N5O8. The summed E-state index contributed by atoms with van der Waals surface area (Å²) in [7, 11) is 0. The molecule has 294 valence electrons. The van der Waals surface area contributed by atoms with Gasteiger partial charge >= 0.3 is 24.0 Å². The van der Waals surface area contributed by atoms with Crippen molar-refractivity contribution < 1.29 is 38.1 Å². The van der Waals surface area contributed by atoms with Gasteiger partial charge in [0.25, 0.3) is 0 Å². The number of unbranched alkanes of at least 4 members (excludes halogenated alkanes) is 3. The van der Waals surface area contributed by atoms with Gasteiger partial charge < -0.3 is 23.9 Å². The van der Waals surface area contributed by atoms with Crippen LogP contribution in [-0.4, -0.2) is 75.9 Å². The monoisotopic (exact) mass is 747 g/mol. The van der Waals surface area contributed by atoms with Crippen molar-refractivity contribution in [2.24, 2.45) is 17.8 Å². The zero-order valence-corrected chi connectivity index (χ0v) is 32.8. The second kappa shape index (κ2) is 20.6. The average Bonchev–Trinajstić information content (AvgIpc) is 3.70. The van der Waals surface area contributed by atoms with Crippen molar-refractivity contribution in [3.8, 4) is 23.3 Å². The first-order chi connectivity index (χ1) is 26.1. The number of rotatable bonds is 19. The first-order valence-electron chi connectivity index (χ1n) is 19.7. The number of hydrogen-bond donors (Lipinski definition) is 1. The topological polar surface area (TPSA) is 165 Å². The number of nitrogens with zero attached hydrogens (tertiary/aromatic N) is 4. The minimum absolute atomic E-state index is 0.0542. The van der Waals surface area contributed by atoms with Crippen LogP contribution >= 0.6 is 0 Å². The van der Waals surface area contributed by atoms with Gasteiger partial charge in [0.15, 0.2) is 11.5 Å². The summed E-state index contributed by atoms with van der Waals surface area (Å²) in [6, 6.07) is 9.90. The molecule has 0 radical (unpaired) electrons. The first kappa shape index (κ1) is 41.9. The first-order valence-corrected chi connectivity index (χ1v) is 19.7. The molecule has 1 aliphatic rings. The Morgan fingerprint density at radius 1 is 0.889 bits per heavy atom. The fraction of sp³-hybridized carbons (Fsp3) is 0.610. The third-order valence-electron chi connectivity index (χ3n) is 10.0. The fourth-order valence-corrected chi connectivity index (χ4v) is 7.44. The third-order valence-corrected chi connectivity index (χ3v) is 10.0. The molecule has 1 amide bonds. The molecule has 1 aliphatic carbocycles. The molecule has 13 heteroatoms. The molecule has 1 fully saturated rings. The van der Waals surface area contributed by atoms with Crippen LogP contribution in [0.2, 0.25) is 0 Å². The Morgan fingerprint density at radius 3 is 1.98 bits per heavy atom. The molecule has 3 aromatic rings. The summed E-state index contributed by atoms with van der Waals surface area (Å²) in [5.74, 6) is -1.41. The lowest BCUT2D eigenvalue weighted by Crippen LogP contribution is -2.42. The molecule has 2 heterocycles. The molecule has 0 saturated heterocycles. The maximum atomic E-state index is 14.5. The van der Waals surface area contributed by atoms with Gasteiger partial charge in [-0.15, -0.1) is 5.10 Å². The normalized spacial score (nSPS) is 18.2. The second-order valence-electron chi connectivity index (χ2n) is 14.3. The SMILES string of the molecule is CCCCc1ccc(-c2nn3c(OC(=O)N(CC(=O)OCC)CC(=O)OCC)c(C#N)c(C(=O)OC4C(CCCC)CC(C)CC4CCCC)c3[nH]2)cc1. The Balaban J connectivity index is 1.80. The average molecular weight is 748 g/mol. The van der Waals surface area contributed by atoms with Crippen molar-refractivity contribution >= 4 is 29.6 Å². The van der Waals surface area contributed by atoms with Crippen LogP contribution in [0, 0.1) is 29.1 Å². The lowest BCUT2D eigenvalue weighted by atomic mass is 9.70. The number of benzene rings is 1. The molecule has 4 rings (SSSR count). The van der Waals surface area contributed by atoms with Crippen molar-refractivity contribution in [1.82, 2.24) is 19.5 Å². The second-order valence-corrected chi connectivity index (χ2v) is 14.3. The summed E-state index contributed by atoms with van der Waals surface area (Å²) < 4.78 is 23.5. The molecule has 1 aromatic carbocycles. The molecule has 1 N–H and O–H groups in total. The van der Waals surface area contributed by atoms with E-state index in [9.17, 15) is 24.4 Å². The van der Waals surface area contributed by atoms with Crippen LogP contribution in [0.4, 0.5) is 4.79 Å². The smallest absolute Gasteiger partial charge is 0.417 e. The molecule has 0 spiro atoms. The van der Waals surface area contributed by atoms with Crippen LogP contribution in [0.25, 0.3) is 17.0 Å². The minimum Gasteiger partial charge on any atom is -0.465 e. The molecule has 2 atom stereocenters. The molecule has 1 saturated carbocycles. The number of carbonyl (C=O) groups excluding carboxylic acids is 4. The maximum absolute atomic E-state index is 14.5.